The second-order valence-corrected chi connectivity index (χ2v) is 10.7. The van der Waals surface area contributed by atoms with Gasteiger partial charge in [-0.25, -0.2) is 9.78 Å². The van der Waals surface area contributed by atoms with Crippen molar-refractivity contribution >= 4 is 63.5 Å². The lowest BCUT2D eigenvalue weighted by Crippen LogP contribution is -2.71. The first-order chi connectivity index (χ1) is 17.2. The van der Waals surface area contributed by atoms with Crippen LogP contribution >= 0.6 is 34.9 Å². The summed E-state index contributed by atoms with van der Waals surface area (Å²) in [5, 5.41) is 29.3. The van der Waals surface area contributed by atoms with Gasteiger partial charge in [0.1, 0.15) is 29.9 Å². The molecule has 0 aromatic carbocycles. The van der Waals surface area contributed by atoms with Gasteiger partial charge >= 0.3 is 5.97 Å². The van der Waals surface area contributed by atoms with Crippen LogP contribution in [0.25, 0.3) is 0 Å². The van der Waals surface area contributed by atoms with Gasteiger partial charge in [0.05, 0.1) is 0 Å². The minimum absolute atomic E-state index is 0.0841. The number of aliphatic carboxylic acids is 1. The largest absolute Gasteiger partial charge is 0.477 e. The molecule has 0 spiro atoms. The van der Waals surface area contributed by atoms with Gasteiger partial charge in [0, 0.05) is 22.9 Å². The number of aromatic nitrogens is 5. The van der Waals surface area contributed by atoms with Gasteiger partial charge in [0.2, 0.25) is 5.16 Å². The second kappa shape index (κ2) is 10.7. The molecule has 5 N–H and O–H groups in total. The summed E-state index contributed by atoms with van der Waals surface area (Å²) in [6.07, 6.45) is 0. The highest BCUT2D eigenvalue weighted by atomic mass is 32.2. The molecule has 2 aliphatic rings. The first kappa shape index (κ1) is 25.7. The Morgan fingerprint density at radius 1 is 1.44 bits per heavy atom. The van der Waals surface area contributed by atoms with Gasteiger partial charge in [-0.05, 0) is 29.8 Å². The van der Waals surface area contributed by atoms with E-state index in [1.54, 1.807) is 5.38 Å². The molecule has 18 heteroatoms. The lowest BCUT2D eigenvalue weighted by Gasteiger charge is -2.49. The summed E-state index contributed by atoms with van der Waals surface area (Å²) in [6, 6.07) is -0.854. The van der Waals surface area contributed by atoms with Crippen molar-refractivity contribution < 1.29 is 24.3 Å². The number of fused-ring (bicyclic) bond motifs is 1. The molecule has 0 saturated carbocycles. The van der Waals surface area contributed by atoms with Crippen molar-refractivity contribution in [1.29, 1.82) is 0 Å². The lowest BCUT2D eigenvalue weighted by atomic mass is 10.0. The zero-order valence-corrected chi connectivity index (χ0v) is 21.7. The summed E-state index contributed by atoms with van der Waals surface area (Å²) in [5.41, 5.74) is 9.20. The third kappa shape index (κ3) is 5.09. The van der Waals surface area contributed by atoms with E-state index in [0.29, 0.717) is 16.5 Å². The smallest absolute Gasteiger partial charge is 0.352 e. The predicted molar refractivity (Wildman–Crippen MR) is 133 cm³/mol. The number of anilines is 1. The van der Waals surface area contributed by atoms with Gasteiger partial charge in [-0.2, -0.15) is 0 Å². The first-order valence-corrected chi connectivity index (χ1v) is 13.3. The van der Waals surface area contributed by atoms with Gasteiger partial charge in [0.25, 0.3) is 11.8 Å². The molecule has 192 valence electrons. The van der Waals surface area contributed by atoms with Crippen LogP contribution in [0.3, 0.4) is 0 Å². The zero-order chi connectivity index (χ0) is 26.0. The van der Waals surface area contributed by atoms with Crippen LogP contribution in [-0.4, -0.2) is 94.9 Å². The van der Waals surface area contributed by atoms with E-state index in [-0.39, 0.29) is 34.0 Å². The van der Waals surface area contributed by atoms with Crippen molar-refractivity contribution in [3.8, 4) is 0 Å². The number of tetrazole rings is 1. The standard InChI is InChI=1S/C18H22N10O5S3/c1-7(2)23-28-18(22-25-26-28)36-5-8-4-34-15-11(14(30)27(15)12(8)16(31)32)21-13(29)10(24-33-3)9-6-35-17(19)20-9/h6-7,11,15,23H,4-5H2,1-3H3,(H2,19,20)(H,21,29)(H,31,32)/t11-,15+/m1/s1. The minimum atomic E-state index is -1.23. The topological polar surface area (TPSA) is 203 Å². The third-order valence-corrected chi connectivity index (χ3v) is 7.91. The van der Waals surface area contributed by atoms with Crippen LogP contribution in [0.2, 0.25) is 0 Å². The first-order valence-electron chi connectivity index (χ1n) is 10.4. The number of amides is 2. The summed E-state index contributed by atoms with van der Waals surface area (Å²) in [6.45, 7) is 3.86. The number of hydrogen-bond acceptors (Lipinski definition) is 14. The number of β-lactam (4-membered cyclic amide) rings is 1. The van der Waals surface area contributed by atoms with E-state index >= 15 is 0 Å². The molecule has 2 amide bonds. The third-order valence-electron chi connectivity index (χ3n) is 4.90. The number of carboxylic acids is 1. The number of carbonyl (C=O) groups is 3. The number of hydrogen-bond donors (Lipinski definition) is 4. The van der Waals surface area contributed by atoms with Gasteiger partial charge in [-0.15, -0.1) is 27.9 Å². The molecule has 2 atom stereocenters. The Balaban J connectivity index is 1.48. The molecule has 2 aromatic rings. The Bertz CT molecular complexity index is 1240. The summed E-state index contributed by atoms with van der Waals surface area (Å²) in [5.74, 6) is -1.85. The predicted octanol–water partition coefficient (Wildman–Crippen LogP) is -0.455. The van der Waals surface area contributed by atoms with E-state index in [0.717, 1.165) is 11.3 Å². The molecular formula is C18H22N10O5S3. The molecule has 2 aliphatic heterocycles. The number of nitrogens with one attached hydrogen (secondary N) is 2. The summed E-state index contributed by atoms with van der Waals surface area (Å²) < 4.78 is 0. The number of rotatable bonds is 10. The van der Waals surface area contributed by atoms with Crippen LogP contribution in [0.1, 0.15) is 19.5 Å². The van der Waals surface area contributed by atoms with Crippen molar-refractivity contribution in [2.45, 2.75) is 36.5 Å². The van der Waals surface area contributed by atoms with Gasteiger partial charge in [0.15, 0.2) is 10.8 Å². The molecule has 1 fully saturated rings. The average molecular weight is 555 g/mol. The SMILES string of the molecule is CON=C(C(=O)N[C@@H]1C(=O)N2C(C(=O)O)=C(CSc3nnnn3NC(C)C)CS[C@@H]12)c1csc(N)n1. The Kier molecular flexibility index (Phi) is 7.65. The van der Waals surface area contributed by atoms with Crippen LogP contribution in [0.4, 0.5) is 5.13 Å². The number of oxime groups is 1. The fraction of sp³-hybridized carbons (Fsp3) is 0.444. The highest BCUT2D eigenvalue weighted by Crippen LogP contribution is 2.41. The zero-order valence-electron chi connectivity index (χ0n) is 19.2. The molecule has 4 rings (SSSR count). The number of thioether (sulfide) groups is 2. The quantitative estimate of drug-likeness (QED) is 0.127. The minimum Gasteiger partial charge on any atom is -0.477 e. The molecule has 0 radical (unpaired) electrons. The Hall–Kier alpha value is -3.38. The van der Waals surface area contributed by atoms with E-state index in [1.165, 1.54) is 40.3 Å². The van der Waals surface area contributed by atoms with E-state index in [9.17, 15) is 19.5 Å². The summed E-state index contributed by atoms with van der Waals surface area (Å²) in [4.78, 5) is 49.3. The van der Waals surface area contributed by atoms with E-state index in [4.69, 9.17) is 10.6 Å². The molecule has 1 saturated heterocycles. The molecule has 4 heterocycles. The lowest BCUT2D eigenvalue weighted by molar-refractivity contribution is -0.150. The van der Waals surface area contributed by atoms with Gasteiger partial charge in [-0.1, -0.05) is 22.0 Å². The van der Waals surface area contributed by atoms with Gasteiger partial charge in [-0.3, -0.25) is 14.5 Å². The van der Waals surface area contributed by atoms with E-state index < -0.39 is 29.2 Å². The fourth-order valence-electron chi connectivity index (χ4n) is 3.44. The van der Waals surface area contributed by atoms with Crippen LogP contribution in [0, 0.1) is 0 Å². The van der Waals surface area contributed by atoms with Crippen molar-refractivity contribution in [3.05, 3.63) is 22.3 Å². The molecule has 0 unspecified atom stereocenters. The summed E-state index contributed by atoms with van der Waals surface area (Å²) >= 11 is 3.72. The second-order valence-electron chi connectivity index (χ2n) is 7.76. The average Bonchev–Trinajstić information content (AvgIpc) is 3.46. The van der Waals surface area contributed by atoms with E-state index in [1.807, 2.05) is 13.8 Å². The van der Waals surface area contributed by atoms with Crippen LogP contribution < -0.4 is 16.5 Å². The van der Waals surface area contributed by atoms with Crippen molar-refractivity contribution in [2.75, 3.05) is 29.8 Å². The number of nitrogen functional groups attached to an aromatic ring is 1. The summed E-state index contributed by atoms with van der Waals surface area (Å²) in [7, 11) is 1.27. The van der Waals surface area contributed by atoms with Gasteiger partial charge < -0.3 is 26.4 Å². The maximum Gasteiger partial charge on any atom is 0.352 e. The molecule has 2 aromatic heterocycles. The van der Waals surface area contributed by atoms with Crippen LogP contribution in [0.5, 0.6) is 0 Å². The highest BCUT2D eigenvalue weighted by molar-refractivity contribution is 8.01. The Morgan fingerprint density at radius 3 is 2.86 bits per heavy atom. The molecule has 36 heavy (non-hydrogen) atoms. The monoisotopic (exact) mass is 554 g/mol. The molecule has 15 nitrogen and oxygen atoms in total. The normalized spacial score (nSPS) is 19.7. The number of nitrogens with two attached hydrogens (primary N) is 1. The number of thiazole rings is 1. The number of carboxylic acid groups (broad SMARTS) is 1. The Labute approximate surface area is 216 Å². The number of carbonyl (C=O) groups excluding carboxylic acids is 2. The maximum absolute atomic E-state index is 13.0. The number of nitrogens with zero attached hydrogens (tertiary/aromatic N) is 7. The fourth-order valence-corrected chi connectivity index (χ4v) is 6.31. The molecule has 0 bridgehead atoms. The maximum atomic E-state index is 13.0. The molecule has 0 aliphatic carbocycles. The van der Waals surface area contributed by atoms with Crippen LogP contribution in [-0.2, 0) is 19.2 Å². The van der Waals surface area contributed by atoms with Crippen molar-refractivity contribution in [2.24, 2.45) is 5.16 Å². The molecular weight excluding hydrogens is 532 g/mol. The van der Waals surface area contributed by atoms with E-state index in [2.05, 4.69) is 36.4 Å². The van der Waals surface area contributed by atoms with Crippen molar-refractivity contribution in [3.63, 3.8) is 0 Å². The highest BCUT2D eigenvalue weighted by Gasteiger charge is 2.54. The van der Waals surface area contributed by atoms with Crippen LogP contribution in [0.15, 0.2) is 27.0 Å². The Morgan fingerprint density at radius 2 is 2.22 bits per heavy atom. The van der Waals surface area contributed by atoms with Crippen molar-refractivity contribution in [1.82, 2.24) is 35.5 Å².